The molecule has 0 N–H and O–H groups in total. The molecule has 8 heteroatoms. The van der Waals surface area contributed by atoms with Crippen LogP contribution in [0.4, 0.5) is 0 Å². The predicted molar refractivity (Wildman–Crippen MR) is 168 cm³/mol. The van der Waals surface area contributed by atoms with Gasteiger partial charge >= 0.3 is 0 Å². The van der Waals surface area contributed by atoms with Crippen LogP contribution in [-0.4, -0.2) is 54.2 Å². The lowest BCUT2D eigenvalue weighted by Gasteiger charge is -2.29. The van der Waals surface area contributed by atoms with E-state index in [-0.39, 0.29) is 31.3 Å². The minimum atomic E-state index is -0.0497. The zero-order chi connectivity index (χ0) is 29.4. The number of carbonyl (C=O) groups excluding carboxylic acids is 2. The maximum atomic E-state index is 13.8. The third-order valence-corrected chi connectivity index (χ3v) is 9.07. The van der Waals surface area contributed by atoms with E-state index in [1.165, 1.54) is 57.8 Å². The molecular weight excluding hydrogens is 548 g/mol. The number of rotatable bonds is 20. The van der Waals surface area contributed by atoms with E-state index >= 15 is 0 Å². The van der Waals surface area contributed by atoms with Crippen molar-refractivity contribution in [2.75, 3.05) is 26.5 Å². The molecule has 3 heterocycles. The highest BCUT2D eigenvalue weighted by Crippen LogP contribution is 2.33. The number of carbonyl (C=O) groups is 2. The van der Waals surface area contributed by atoms with Crippen molar-refractivity contribution in [1.82, 2.24) is 9.80 Å². The van der Waals surface area contributed by atoms with Crippen molar-refractivity contribution < 1.29 is 23.8 Å². The molecule has 2 aromatic rings. The Morgan fingerprint density at radius 2 is 1.60 bits per heavy atom. The summed E-state index contributed by atoms with van der Waals surface area (Å²) in [5.41, 5.74) is 0.974. The molecule has 0 radical (unpaired) electrons. The monoisotopic (exact) mass is 598 g/mol. The van der Waals surface area contributed by atoms with Gasteiger partial charge in [-0.05, 0) is 48.4 Å². The van der Waals surface area contributed by atoms with E-state index in [0.29, 0.717) is 31.8 Å². The molecule has 7 nitrogen and oxygen atoms in total. The molecule has 4 rings (SSSR count). The Labute approximate surface area is 256 Å². The summed E-state index contributed by atoms with van der Waals surface area (Å²) in [6.45, 7) is 4.71. The van der Waals surface area contributed by atoms with Crippen LogP contribution in [0.1, 0.15) is 107 Å². The number of ether oxygens (including phenoxy) is 3. The Kier molecular flexibility index (Phi) is 14.0. The summed E-state index contributed by atoms with van der Waals surface area (Å²) in [6, 6.07) is 9.87. The van der Waals surface area contributed by atoms with Crippen LogP contribution in [0, 0.1) is 0 Å². The maximum Gasteiger partial charge on any atom is 0.242 e. The molecule has 1 fully saturated rings. The molecule has 2 aliphatic rings. The van der Waals surface area contributed by atoms with Crippen LogP contribution in [0.2, 0.25) is 0 Å². The minimum absolute atomic E-state index is 0.0127. The smallest absolute Gasteiger partial charge is 0.242 e. The Hall–Kier alpha value is -2.58. The highest BCUT2D eigenvalue weighted by molar-refractivity contribution is 7.09. The van der Waals surface area contributed by atoms with Gasteiger partial charge in [0.1, 0.15) is 0 Å². The standard InChI is InChI=1S/C34H50N2O5S/c1-2-3-4-5-6-7-8-9-10-11-12-17-33(37)36(24-29-15-13-20-39-29)26-34(38)35(25-30-16-14-21-42-30)23-28-18-19-31-32(22-28)41-27-40-31/h14,16,18-19,21-22,29H,2-13,15,17,20,23-27H2,1H3/t29-/m0/s1. The average molecular weight is 599 g/mol. The average Bonchev–Trinajstić information content (AvgIpc) is 3.79. The normalized spacial score (nSPS) is 15.7. The highest BCUT2D eigenvalue weighted by Gasteiger charge is 2.27. The second-order valence-corrected chi connectivity index (χ2v) is 12.7. The number of fused-ring (bicyclic) bond motifs is 1. The van der Waals surface area contributed by atoms with Gasteiger partial charge in [0.15, 0.2) is 11.5 Å². The maximum absolute atomic E-state index is 13.8. The SMILES string of the molecule is CCCCCCCCCCCCCC(=O)N(CC(=O)N(Cc1ccc2c(c1)OCO2)Cc1cccs1)C[C@@H]1CCCO1. The molecule has 2 amide bonds. The van der Waals surface area contributed by atoms with Gasteiger partial charge in [0, 0.05) is 31.0 Å². The first-order valence-electron chi connectivity index (χ1n) is 16.2. The van der Waals surface area contributed by atoms with Crippen LogP contribution in [0.25, 0.3) is 0 Å². The number of unbranched alkanes of at least 4 members (excludes halogenated alkanes) is 10. The summed E-state index contributed by atoms with van der Waals surface area (Å²) in [5.74, 6) is 1.45. The number of hydrogen-bond acceptors (Lipinski definition) is 6. The number of amides is 2. The summed E-state index contributed by atoms with van der Waals surface area (Å²) >= 11 is 1.64. The predicted octanol–water partition coefficient (Wildman–Crippen LogP) is 7.71. The van der Waals surface area contributed by atoms with Crippen molar-refractivity contribution in [2.45, 2.75) is 116 Å². The molecule has 0 saturated carbocycles. The van der Waals surface area contributed by atoms with Gasteiger partial charge in [-0.2, -0.15) is 0 Å². The second kappa shape index (κ2) is 18.2. The summed E-state index contributed by atoms with van der Waals surface area (Å²) in [5, 5.41) is 2.03. The zero-order valence-electron chi connectivity index (χ0n) is 25.5. The number of thiophene rings is 1. The lowest BCUT2D eigenvalue weighted by Crippen LogP contribution is -2.45. The summed E-state index contributed by atoms with van der Waals surface area (Å²) in [6.07, 6.45) is 16.2. The summed E-state index contributed by atoms with van der Waals surface area (Å²) in [4.78, 5) is 31.9. The summed E-state index contributed by atoms with van der Waals surface area (Å²) < 4.78 is 16.9. The van der Waals surface area contributed by atoms with Gasteiger partial charge in [-0.25, -0.2) is 0 Å². The van der Waals surface area contributed by atoms with Crippen molar-refractivity contribution >= 4 is 23.2 Å². The molecule has 2 aliphatic heterocycles. The van der Waals surface area contributed by atoms with Gasteiger partial charge in [0.05, 0.1) is 19.2 Å². The number of nitrogens with zero attached hydrogens (tertiary/aromatic N) is 2. The van der Waals surface area contributed by atoms with Gasteiger partial charge in [-0.15, -0.1) is 11.3 Å². The van der Waals surface area contributed by atoms with Gasteiger partial charge < -0.3 is 24.0 Å². The first kappa shape index (κ1) is 32.3. The molecule has 232 valence electrons. The molecule has 1 atom stereocenters. The van der Waals surface area contributed by atoms with Crippen LogP contribution in [0.15, 0.2) is 35.7 Å². The lowest BCUT2D eigenvalue weighted by atomic mass is 10.0. The highest BCUT2D eigenvalue weighted by atomic mass is 32.1. The van der Waals surface area contributed by atoms with Gasteiger partial charge in [0.2, 0.25) is 18.6 Å². The number of hydrogen-bond donors (Lipinski definition) is 0. The van der Waals surface area contributed by atoms with E-state index in [1.54, 1.807) is 16.2 Å². The molecule has 0 spiro atoms. The largest absolute Gasteiger partial charge is 0.454 e. The third-order valence-electron chi connectivity index (χ3n) is 8.21. The fraction of sp³-hybridized carbons (Fsp3) is 0.647. The number of benzene rings is 1. The summed E-state index contributed by atoms with van der Waals surface area (Å²) in [7, 11) is 0. The Morgan fingerprint density at radius 3 is 2.29 bits per heavy atom. The molecule has 1 saturated heterocycles. The van der Waals surface area contributed by atoms with E-state index in [4.69, 9.17) is 14.2 Å². The quantitative estimate of drug-likeness (QED) is 0.146. The molecular formula is C34H50N2O5S. The van der Waals surface area contributed by atoms with Crippen molar-refractivity contribution in [3.05, 3.63) is 46.2 Å². The third kappa shape index (κ3) is 10.9. The molecule has 0 aliphatic carbocycles. The fourth-order valence-electron chi connectivity index (χ4n) is 5.73. The van der Waals surface area contributed by atoms with Crippen LogP contribution >= 0.6 is 11.3 Å². The Balaban J connectivity index is 1.29. The topological polar surface area (TPSA) is 68.3 Å². The fourth-order valence-corrected chi connectivity index (χ4v) is 6.45. The van der Waals surface area contributed by atoms with Crippen LogP contribution < -0.4 is 9.47 Å². The Morgan fingerprint density at radius 1 is 0.857 bits per heavy atom. The van der Waals surface area contributed by atoms with Crippen molar-refractivity contribution in [3.63, 3.8) is 0 Å². The Bertz CT molecular complexity index is 1070. The van der Waals surface area contributed by atoms with Gasteiger partial charge in [-0.3, -0.25) is 9.59 Å². The van der Waals surface area contributed by atoms with E-state index in [1.807, 2.05) is 40.6 Å². The first-order valence-corrected chi connectivity index (χ1v) is 17.1. The van der Waals surface area contributed by atoms with E-state index in [2.05, 4.69) is 6.92 Å². The minimum Gasteiger partial charge on any atom is -0.454 e. The van der Waals surface area contributed by atoms with Gasteiger partial charge in [0.25, 0.3) is 0 Å². The van der Waals surface area contributed by atoms with E-state index < -0.39 is 0 Å². The second-order valence-electron chi connectivity index (χ2n) is 11.7. The molecule has 1 aromatic heterocycles. The first-order chi connectivity index (χ1) is 20.6. The van der Waals surface area contributed by atoms with Crippen molar-refractivity contribution in [2.24, 2.45) is 0 Å². The van der Waals surface area contributed by atoms with Crippen molar-refractivity contribution in [1.29, 1.82) is 0 Å². The van der Waals surface area contributed by atoms with Crippen LogP contribution in [0.3, 0.4) is 0 Å². The van der Waals surface area contributed by atoms with Crippen molar-refractivity contribution in [3.8, 4) is 11.5 Å². The molecule has 0 bridgehead atoms. The molecule has 1 aromatic carbocycles. The zero-order valence-corrected chi connectivity index (χ0v) is 26.3. The van der Waals surface area contributed by atoms with Crippen LogP contribution in [0.5, 0.6) is 11.5 Å². The molecule has 42 heavy (non-hydrogen) atoms. The van der Waals surface area contributed by atoms with E-state index in [0.717, 1.165) is 48.5 Å². The van der Waals surface area contributed by atoms with Gasteiger partial charge in [-0.1, -0.05) is 83.3 Å². The van der Waals surface area contributed by atoms with E-state index in [9.17, 15) is 9.59 Å². The molecule has 0 unspecified atom stereocenters. The van der Waals surface area contributed by atoms with Crippen LogP contribution in [-0.2, 0) is 27.4 Å². The lowest BCUT2D eigenvalue weighted by molar-refractivity contribution is -0.142.